The van der Waals surface area contributed by atoms with Crippen molar-refractivity contribution in [2.75, 3.05) is 6.54 Å². The van der Waals surface area contributed by atoms with E-state index in [0.717, 1.165) is 6.26 Å². The summed E-state index contributed by atoms with van der Waals surface area (Å²) < 4.78 is 25.9. The third kappa shape index (κ3) is 10.8. The number of hydrogen-bond acceptors (Lipinski definition) is 8. The van der Waals surface area contributed by atoms with Crippen LogP contribution in [0, 0.1) is 11.8 Å². The zero-order valence-corrected chi connectivity index (χ0v) is 24.8. The summed E-state index contributed by atoms with van der Waals surface area (Å²) in [6, 6.07) is 5.05. The van der Waals surface area contributed by atoms with E-state index >= 15 is 0 Å². The van der Waals surface area contributed by atoms with Gasteiger partial charge in [0.05, 0.1) is 12.5 Å². The van der Waals surface area contributed by atoms with Crippen LogP contribution in [-0.2, 0) is 27.2 Å². The number of carbonyl (C=O) groups is 3. The van der Waals surface area contributed by atoms with E-state index in [4.69, 9.17) is 9.15 Å². The Balaban J connectivity index is 1.90. The molecule has 0 spiro atoms. The number of cyclic esters (lactones) is 1. The molecular formula is C32H40FN3O7. The normalized spacial score (nSPS) is 27.7. The molecule has 0 unspecified atom stereocenters. The lowest BCUT2D eigenvalue weighted by molar-refractivity contribution is -0.155. The van der Waals surface area contributed by atoms with Gasteiger partial charge in [-0.2, -0.15) is 0 Å². The number of esters is 1. The summed E-state index contributed by atoms with van der Waals surface area (Å²) in [4.78, 5) is 43.1. The first kappa shape index (κ1) is 33.3. The number of ether oxygens (including phenoxy) is 1. The number of rotatable bonds is 3. The molecule has 0 saturated carbocycles. The number of amides is 2. The molecule has 232 valence electrons. The van der Waals surface area contributed by atoms with E-state index in [1.807, 2.05) is 20.8 Å². The molecule has 0 saturated heterocycles. The summed E-state index contributed by atoms with van der Waals surface area (Å²) in [5, 5.41) is 25.3. The van der Waals surface area contributed by atoms with Gasteiger partial charge in [0.2, 0.25) is 5.91 Å². The fourth-order valence-electron chi connectivity index (χ4n) is 4.64. The molecule has 5 atom stereocenters. The van der Waals surface area contributed by atoms with Crippen molar-refractivity contribution in [3.8, 4) is 5.75 Å². The number of aliphatic hydroxyl groups excluding tert-OH is 1. The largest absolute Gasteiger partial charge is 0.508 e. The number of phenols is 1. The lowest BCUT2D eigenvalue weighted by Gasteiger charge is -2.28. The number of aromatic hydroxyl groups is 1. The maximum Gasteiger partial charge on any atom is 0.329 e. The minimum Gasteiger partial charge on any atom is -0.508 e. The number of halogens is 1. The first-order valence-corrected chi connectivity index (χ1v) is 14.3. The van der Waals surface area contributed by atoms with Crippen molar-refractivity contribution >= 4 is 17.8 Å². The van der Waals surface area contributed by atoms with Gasteiger partial charge in [-0.1, -0.05) is 62.8 Å². The lowest BCUT2D eigenvalue weighted by Crippen LogP contribution is -2.46. The van der Waals surface area contributed by atoms with E-state index < -0.39 is 36.3 Å². The highest BCUT2D eigenvalue weighted by Gasteiger charge is 2.30. The fourth-order valence-corrected chi connectivity index (χ4v) is 4.64. The van der Waals surface area contributed by atoms with E-state index in [-0.39, 0.29) is 60.9 Å². The zero-order valence-electron chi connectivity index (χ0n) is 24.8. The molecular weight excluding hydrogens is 557 g/mol. The Labute approximate surface area is 250 Å². The van der Waals surface area contributed by atoms with Crippen LogP contribution in [0.5, 0.6) is 5.75 Å². The van der Waals surface area contributed by atoms with Gasteiger partial charge in [0.1, 0.15) is 30.3 Å². The standard InChI is InChI=1S/C32H40FN3O7/c1-19(2)30-21(4)7-12-28(39)34-13-5-6-20(3)14-25(38)16-23(33)17-29-35-27(18-42-29)31(40)36-26(32(41)43-30)15-22-8-10-24(37)11-9-22/h5-12,14,18-19,21,23,25-26,30,37-38H,13,15-17H2,1-4H3,(H,34,39)(H,36,40)/b6-5+,12-7+,20-14+/t21-,23-,25-,26-,30-/m1/s1. The summed E-state index contributed by atoms with van der Waals surface area (Å²) in [6.45, 7) is 7.58. The highest BCUT2D eigenvalue weighted by molar-refractivity contribution is 5.95. The van der Waals surface area contributed by atoms with Crippen molar-refractivity contribution in [3.63, 3.8) is 0 Å². The minimum absolute atomic E-state index is 0.0299. The Morgan fingerprint density at radius 2 is 1.86 bits per heavy atom. The summed E-state index contributed by atoms with van der Waals surface area (Å²) in [6.07, 6.45) is 5.43. The Hall–Kier alpha value is -4.25. The predicted molar refractivity (Wildman–Crippen MR) is 158 cm³/mol. The van der Waals surface area contributed by atoms with E-state index in [1.54, 1.807) is 37.3 Å². The third-order valence-corrected chi connectivity index (χ3v) is 6.85. The summed E-state index contributed by atoms with van der Waals surface area (Å²) >= 11 is 0. The quantitative estimate of drug-likeness (QED) is 0.391. The van der Waals surface area contributed by atoms with E-state index in [1.165, 1.54) is 24.3 Å². The number of aliphatic hydroxyl groups is 1. The molecule has 2 amide bonds. The first-order chi connectivity index (χ1) is 20.4. The number of fused-ring (bicyclic) bond motifs is 2. The number of hydrogen-bond donors (Lipinski definition) is 4. The zero-order chi connectivity index (χ0) is 31.5. The van der Waals surface area contributed by atoms with Crippen molar-refractivity contribution in [3.05, 3.63) is 83.6 Å². The van der Waals surface area contributed by atoms with Crippen LogP contribution >= 0.6 is 0 Å². The smallest absolute Gasteiger partial charge is 0.329 e. The summed E-state index contributed by atoms with van der Waals surface area (Å²) in [5.74, 6) is -2.19. The SMILES string of the molecule is CC1=C\[C@@H](O)C[C@@H](F)Cc2nc(co2)C(=O)N[C@H](Cc2ccc(O)cc2)C(=O)O[C@H](C(C)C)[C@H](C)/C=C/C(=O)NC\C=C\1. The molecule has 2 heterocycles. The van der Waals surface area contributed by atoms with Gasteiger partial charge in [-0.05, 0) is 36.6 Å². The number of nitrogens with one attached hydrogen (secondary N) is 2. The number of nitrogens with zero attached hydrogens (tertiary/aromatic N) is 1. The summed E-state index contributed by atoms with van der Waals surface area (Å²) in [7, 11) is 0. The molecule has 11 heteroatoms. The topological polar surface area (TPSA) is 151 Å². The molecule has 2 aromatic rings. The molecule has 1 aliphatic heterocycles. The first-order valence-electron chi connectivity index (χ1n) is 14.3. The Morgan fingerprint density at radius 1 is 1.14 bits per heavy atom. The van der Waals surface area contributed by atoms with E-state index in [2.05, 4.69) is 15.6 Å². The molecule has 1 aromatic heterocycles. The Kier molecular flexibility index (Phi) is 12.2. The number of carbonyl (C=O) groups excluding carboxylic acids is 3. The molecule has 1 aliphatic rings. The second-order valence-electron chi connectivity index (χ2n) is 11.0. The number of allylic oxidation sites excluding steroid dienone is 2. The van der Waals surface area contributed by atoms with Gasteiger partial charge in [-0.3, -0.25) is 9.59 Å². The van der Waals surface area contributed by atoms with Crippen LogP contribution in [0.1, 0.15) is 56.1 Å². The van der Waals surface area contributed by atoms with Crippen LogP contribution in [0.3, 0.4) is 0 Å². The van der Waals surface area contributed by atoms with Crippen LogP contribution in [-0.4, -0.2) is 63.9 Å². The van der Waals surface area contributed by atoms with Crippen LogP contribution in [0.15, 0.2) is 70.9 Å². The van der Waals surface area contributed by atoms with Crippen LogP contribution in [0.2, 0.25) is 0 Å². The summed E-state index contributed by atoms with van der Waals surface area (Å²) in [5.41, 5.74) is 1.20. The predicted octanol–water partition coefficient (Wildman–Crippen LogP) is 3.75. The Morgan fingerprint density at radius 3 is 2.56 bits per heavy atom. The van der Waals surface area contributed by atoms with Crippen LogP contribution in [0.4, 0.5) is 4.39 Å². The third-order valence-electron chi connectivity index (χ3n) is 6.85. The van der Waals surface area contributed by atoms with Gasteiger partial charge < -0.3 is 30.0 Å². The van der Waals surface area contributed by atoms with Gasteiger partial charge in [-0.25, -0.2) is 14.2 Å². The van der Waals surface area contributed by atoms with Gasteiger partial charge in [-0.15, -0.1) is 0 Å². The van der Waals surface area contributed by atoms with Gasteiger partial charge in [0.15, 0.2) is 11.6 Å². The van der Waals surface area contributed by atoms with Crippen LogP contribution < -0.4 is 10.6 Å². The van der Waals surface area contributed by atoms with E-state index in [9.17, 15) is 29.0 Å². The molecule has 3 rings (SSSR count). The van der Waals surface area contributed by atoms with Crippen molar-refractivity contribution in [2.45, 2.75) is 71.4 Å². The molecule has 2 bridgehead atoms. The van der Waals surface area contributed by atoms with Crippen molar-refractivity contribution in [1.82, 2.24) is 15.6 Å². The average Bonchev–Trinajstić information content (AvgIpc) is 3.41. The number of alkyl halides is 1. The van der Waals surface area contributed by atoms with Gasteiger partial charge in [0.25, 0.3) is 5.91 Å². The number of benzene rings is 1. The maximum absolute atomic E-state index is 14.7. The highest BCUT2D eigenvalue weighted by atomic mass is 19.1. The van der Waals surface area contributed by atoms with Crippen LogP contribution in [0.25, 0.3) is 0 Å². The van der Waals surface area contributed by atoms with Gasteiger partial charge >= 0.3 is 5.97 Å². The molecule has 4 N–H and O–H groups in total. The average molecular weight is 598 g/mol. The minimum atomic E-state index is -1.50. The number of phenolic OH excluding ortho intramolecular Hbond substituents is 1. The molecule has 43 heavy (non-hydrogen) atoms. The number of aromatic nitrogens is 1. The monoisotopic (exact) mass is 597 g/mol. The van der Waals surface area contributed by atoms with Crippen molar-refractivity contribution in [2.24, 2.45) is 11.8 Å². The molecule has 0 fully saturated rings. The van der Waals surface area contributed by atoms with Gasteiger partial charge in [0, 0.05) is 25.3 Å². The second kappa shape index (κ2) is 15.8. The van der Waals surface area contributed by atoms with Crippen molar-refractivity contribution < 1.29 is 38.1 Å². The molecule has 0 radical (unpaired) electrons. The fraction of sp³-hybridized carbons (Fsp3) is 0.438. The maximum atomic E-state index is 14.7. The number of oxazole rings is 1. The van der Waals surface area contributed by atoms with Crippen molar-refractivity contribution in [1.29, 1.82) is 0 Å². The van der Waals surface area contributed by atoms with E-state index in [0.29, 0.717) is 11.1 Å². The Bertz CT molecular complexity index is 1330. The highest BCUT2D eigenvalue weighted by Crippen LogP contribution is 2.21. The second-order valence-corrected chi connectivity index (χ2v) is 11.0. The lowest BCUT2D eigenvalue weighted by atomic mass is 9.94. The molecule has 1 aromatic carbocycles. The molecule has 0 aliphatic carbocycles. The molecule has 10 nitrogen and oxygen atoms in total.